The van der Waals surface area contributed by atoms with E-state index in [2.05, 4.69) is 28.2 Å². The van der Waals surface area contributed by atoms with E-state index in [1.54, 1.807) is 12.1 Å². The molecule has 1 N–H and O–H groups in total. The Morgan fingerprint density at radius 3 is 2.71 bits per heavy atom. The zero-order valence-corrected chi connectivity index (χ0v) is 14.0. The van der Waals surface area contributed by atoms with Crippen LogP contribution in [0.25, 0.3) is 0 Å². The zero-order chi connectivity index (χ0) is 15.2. The van der Waals surface area contributed by atoms with Gasteiger partial charge in [-0.2, -0.15) is 0 Å². The van der Waals surface area contributed by atoms with Crippen molar-refractivity contribution in [3.63, 3.8) is 0 Å². The number of benzene rings is 2. The standard InChI is InChI=1S/C16H16BrClFNO/c1-2-7-20-10-11-3-4-12(18)8-16(11)21-15-6-5-13(19)9-14(15)17/h3-6,8-9,20H,2,7,10H2,1H3. The third-order valence-electron chi connectivity index (χ3n) is 2.89. The van der Waals surface area contributed by atoms with E-state index in [4.69, 9.17) is 16.3 Å². The second kappa shape index (κ2) is 7.78. The van der Waals surface area contributed by atoms with Crippen LogP contribution in [0.1, 0.15) is 18.9 Å². The molecule has 2 aromatic rings. The van der Waals surface area contributed by atoms with Crippen LogP contribution in [0.3, 0.4) is 0 Å². The Bertz CT molecular complexity index is 621. The molecule has 2 nitrogen and oxygen atoms in total. The third kappa shape index (κ3) is 4.70. The second-order valence-electron chi connectivity index (χ2n) is 4.61. The molecule has 0 saturated carbocycles. The third-order valence-corrected chi connectivity index (χ3v) is 3.74. The van der Waals surface area contributed by atoms with Crippen molar-refractivity contribution in [1.29, 1.82) is 0 Å². The summed E-state index contributed by atoms with van der Waals surface area (Å²) in [6.45, 7) is 3.74. The molecule has 0 aliphatic heterocycles. The molecule has 0 bridgehead atoms. The van der Waals surface area contributed by atoms with Gasteiger partial charge in [-0.15, -0.1) is 0 Å². The Labute approximate surface area is 137 Å². The van der Waals surface area contributed by atoms with Gasteiger partial charge >= 0.3 is 0 Å². The van der Waals surface area contributed by atoms with Crippen LogP contribution in [-0.4, -0.2) is 6.54 Å². The van der Waals surface area contributed by atoms with E-state index in [1.807, 2.05) is 12.1 Å². The minimum Gasteiger partial charge on any atom is -0.456 e. The Kier molecular flexibility index (Phi) is 6.03. The highest BCUT2D eigenvalue weighted by atomic mass is 79.9. The smallest absolute Gasteiger partial charge is 0.141 e. The number of rotatable bonds is 6. The summed E-state index contributed by atoms with van der Waals surface area (Å²) in [5, 5.41) is 3.93. The van der Waals surface area contributed by atoms with Gasteiger partial charge in [0.15, 0.2) is 0 Å². The van der Waals surface area contributed by atoms with Crippen LogP contribution in [0.2, 0.25) is 5.02 Å². The first-order chi connectivity index (χ1) is 10.1. The van der Waals surface area contributed by atoms with Crippen molar-refractivity contribution in [2.45, 2.75) is 19.9 Å². The molecule has 0 amide bonds. The topological polar surface area (TPSA) is 21.3 Å². The van der Waals surface area contributed by atoms with Crippen molar-refractivity contribution in [2.75, 3.05) is 6.54 Å². The highest BCUT2D eigenvalue weighted by molar-refractivity contribution is 9.10. The van der Waals surface area contributed by atoms with Crippen molar-refractivity contribution in [2.24, 2.45) is 0 Å². The molecule has 0 saturated heterocycles. The summed E-state index contributed by atoms with van der Waals surface area (Å²) in [5.74, 6) is 0.902. The molecule has 0 aliphatic rings. The first-order valence-electron chi connectivity index (χ1n) is 6.72. The maximum absolute atomic E-state index is 13.1. The molecule has 2 rings (SSSR count). The summed E-state index contributed by atoms with van der Waals surface area (Å²) < 4.78 is 19.6. The van der Waals surface area contributed by atoms with Gasteiger partial charge in [-0.25, -0.2) is 4.39 Å². The van der Waals surface area contributed by atoms with Gasteiger partial charge in [0.1, 0.15) is 17.3 Å². The average Bonchev–Trinajstić information content (AvgIpc) is 2.44. The van der Waals surface area contributed by atoms with Gasteiger partial charge in [-0.05, 0) is 59.2 Å². The summed E-state index contributed by atoms with van der Waals surface area (Å²) in [6, 6.07) is 9.84. The molecule has 0 aromatic heterocycles. The van der Waals surface area contributed by atoms with Crippen LogP contribution in [0.5, 0.6) is 11.5 Å². The fourth-order valence-corrected chi connectivity index (χ4v) is 2.44. The number of hydrogen-bond acceptors (Lipinski definition) is 2. The largest absolute Gasteiger partial charge is 0.456 e. The lowest BCUT2D eigenvalue weighted by Crippen LogP contribution is -2.14. The van der Waals surface area contributed by atoms with E-state index in [0.717, 1.165) is 18.5 Å². The summed E-state index contributed by atoms with van der Waals surface area (Å²) in [5.41, 5.74) is 1.00. The van der Waals surface area contributed by atoms with E-state index < -0.39 is 0 Å². The van der Waals surface area contributed by atoms with Crippen molar-refractivity contribution in [3.8, 4) is 11.5 Å². The van der Waals surface area contributed by atoms with Crippen LogP contribution in [0.4, 0.5) is 4.39 Å². The normalized spacial score (nSPS) is 10.7. The van der Waals surface area contributed by atoms with Crippen molar-refractivity contribution < 1.29 is 9.13 Å². The first kappa shape index (κ1) is 16.3. The lowest BCUT2D eigenvalue weighted by atomic mass is 10.2. The molecule has 21 heavy (non-hydrogen) atoms. The summed E-state index contributed by atoms with van der Waals surface area (Å²) in [7, 11) is 0. The van der Waals surface area contributed by atoms with Gasteiger partial charge in [0.25, 0.3) is 0 Å². The molecule has 0 unspecified atom stereocenters. The lowest BCUT2D eigenvalue weighted by molar-refractivity contribution is 0.468. The first-order valence-corrected chi connectivity index (χ1v) is 7.89. The van der Waals surface area contributed by atoms with Gasteiger partial charge in [0, 0.05) is 17.1 Å². The highest BCUT2D eigenvalue weighted by Crippen LogP contribution is 2.33. The molecule has 0 aliphatic carbocycles. The molecule has 0 spiro atoms. The van der Waals surface area contributed by atoms with Crippen LogP contribution in [-0.2, 0) is 6.54 Å². The number of ether oxygens (including phenoxy) is 1. The molecular formula is C16H16BrClFNO. The van der Waals surface area contributed by atoms with Gasteiger partial charge in [-0.3, -0.25) is 0 Å². The molecule has 0 heterocycles. The monoisotopic (exact) mass is 371 g/mol. The predicted octanol–water partition coefficient (Wildman–Crippen LogP) is 5.53. The fourth-order valence-electron chi connectivity index (χ4n) is 1.85. The van der Waals surface area contributed by atoms with Crippen molar-refractivity contribution in [3.05, 3.63) is 57.3 Å². The molecule has 0 fully saturated rings. The molecular weight excluding hydrogens is 357 g/mol. The Morgan fingerprint density at radius 1 is 1.19 bits per heavy atom. The molecule has 2 aromatic carbocycles. The van der Waals surface area contributed by atoms with Crippen LogP contribution < -0.4 is 10.1 Å². The maximum atomic E-state index is 13.1. The van der Waals surface area contributed by atoms with E-state index >= 15 is 0 Å². The molecule has 112 valence electrons. The quantitative estimate of drug-likeness (QED) is 0.673. The maximum Gasteiger partial charge on any atom is 0.141 e. The Morgan fingerprint density at radius 2 is 2.00 bits per heavy atom. The highest BCUT2D eigenvalue weighted by Gasteiger charge is 2.09. The van der Waals surface area contributed by atoms with Gasteiger partial charge in [0.2, 0.25) is 0 Å². The SMILES string of the molecule is CCCNCc1ccc(Cl)cc1Oc1ccc(F)cc1Br. The van der Waals surface area contributed by atoms with E-state index in [0.29, 0.717) is 27.5 Å². The van der Waals surface area contributed by atoms with Crippen LogP contribution in [0.15, 0.2) is 40.9 Å². The van der Waals surface area contributed by atoms with Crippen molar-refractivity contribution in [1.82, 2.24) is 5.32 Å². The van der Waals surface area contributed by atoms with Gasteiger partial charge in [-0.1, -0.05) is 24.6 Å². The van der Waals surface area contributed by atoms with Gasteiger partial charge < -0.3 is 10.1 Å². The van der Waals surface area contributed by atoms with Gasteiger partial charge in [0.05, 0.1) is 4.47 Å². The van der Waals surface area contributed by atoms with E-state index in [1.165, 1.54) is 12.1 Å². The number of halogens is 3. The summed E-state index contributed by atoms with van der Waals surface area (Å²) in [6.07, 6.45) is 1.06. The second-order valence-corrected chi connectivity index (χ2v) is 5.90. The summed E-state index contributed by atoms with van der Waals surface area (Å²) in [4.78, 5) is 0. The average molecular weight is 373 g/mol. The van der Waals surface area contributed by atoms with E-state index in [-0.39, 0.29) is 5.82 Å². The zero-order valence-electron chi connectivity index (χ0n) is 11.6. The Hall–Kier alpha value is -1.10. The molecule has 0 radical (unpaired) electrons. The molecule has 0 atom stereocenters. The minimum atomic E-state index is -0.315. The number of nitrogens with one attached hydrogen (secondary N) is 1. The Balaban J connectivity index is 2.22. The van der Waals surface area contributed by atoms with E-state index in [9.17, 15) is 4.39 Å². The van der Waals surface area contributed by atoms with Crippen LogP contribution in [0, 0.1) is 5.82 Å². The number of hydrogen-bond donors (Lipinski definition) is 1. The van der Waals surface area contributed by atoms with Crippen LogP contribution >= 0.6 is 27.5 Å². The minimum absolute atomic E-state index is 0.315. The predicted molar refractivity (Wildman–Crippen MR) is 87.6 cm³/mol. The fraction of sp³-hybridized carbons (Fsp3) is 0.250. The lowest BCUT2D eigenvalue weighted by Gasteiger charge is -2.13. The summed E-state index contributed by atoms with van der Waals surface area (Å²) >= 11 is 9.34. The van der Waals surface area contributed by atoms with Crippen molar-refractivity contribution >= 4 is 27.5 Å². The molecule has 5 heteroatoms.